The first-order valence-electron chi connectivity index (χ1n) is 16.0. The van der Waals surface area contributed by atoms with Crippen LogP contribution in [0.1, 0.15) is 113 Å². The maximum absolute atomic E-state index is 14.4. The Hall–Kier alpha value is -1.46. The minimum Gasteiger partial charge on any atom is -0.393 e. The number of fused-ring (bicyclic) bond motifs is 7. The lowest BCUT2D eigenvalue weighted by Crippen LogP contribution is -2.66. The fourth-order valence-corrected chi connectivity index (χ4v) is 10.9. The molecule has 0 heterocycles. The van der Waals surface area contributed by atoms with Crippen LogP contribution in [0.5, 0.6) is 0 Å². The highest BCUT2D eigenvalue weighted by molar-refractivity contribution is 5.95. The smallest absolute Gasteiger partial charge is 0.243 e. The van der Waals surface area contributed by atoms with Gasteiger partial charge in [0.2, 0.25) is 5.91 Å². The van der Waals surface area contributed by atoms with Crippen molar-refractivity contribution in [2.24, 2.45) is 50.2 Å². The van der Waals surface area contributed by atoms with Crippen LogP contribution in [0.15, 0.2) is 23.8 Å². The van der Waals surface area contributed by atoms with Gasteiger partial charge in [0.1, 0.15) is 0 Å². The molecule has 0 bridgehead atoms. The first kappa shape index (κ1) is 30.0. The van der Waals surface area contributed by atoms with Crippen molar-refractivity contribution in [3.8, 4) is 0 Å². The summed E-state index contributed by atoms with van der Waals surface area (Å²) in [5.41, 5.74) is 1.06. The summed E-state index contributed by atoms with van der Waals surface area (Å²) in [6.45, 7) is 18.4. The molecule has 0 aromatic heterocycles. The van der Waals surface area contributed by atoms with Crippen LogP contribution in [0.2, 0.25) is 0 Å². The molecule has 4 saturated carbocycles. The van der Waals surface area contributed by atoms with Gasteiger partial charge in [0.05, 0.1) is 12.2 Å². The lowest BCUT2D eigenvalue weighted by atomic mass is 9.33. The molecule has 0 aromatic carbocycles. The van der Waals surface area contributed by atoms with Gasteiger partial charge >= 0.3 is 0 Å². The Kier molecular flexibility index (Phi) is 7.15. The largest absolute Gasteiger partial charge is 0.393 e. The van der Waals surface area contributed by atoms with Crippen molar-refractivity contribution in [3.05, 3.63) is 23.8 Å². The molecule has 3 N–H and O–H groups in total. The molecular weight excluding hydrogens is 498 g/mol. The normalized spacial score (nSPS) is 48.8. The minimum atomic E-state index is -0.564. The summed E-state index contributed by atoms with van der Waals surface area (Å²) in [7, 11) is 0. The molecule has 5 rings (SSSR count). The Morgan fingerprint density at radius 1 is 1.02 bits per heavy atom. The maximum atomic E-state index is 14.4. The Balaban J connectivity index is 1.49. The van der Waals surface area contributed by atoms with Crippen molar-refractivity contribution in [2.45, 2.75) is 125 Å². The van der Waals surface area contributed by atoms with Gasteiger partial charge in [0.25, 0.3) is 0 Å². The second-order valence-corrected chi connectivity index (χ2v) is 16.6. The van der Waals surface area contributed by atoms with Crippen LogP contribution in [0.4, 0.5) is 0 Å². The summed E-state index contributed by atoms with van der Waals surface area (Å²) in [5.74, 6) is 0.847. The zero-order valence-electron chi connectivity index (χ0n) is 26.4. The second-order valence-electron chi connectivity index (χ2n) is 16.6. The number of aliphatic hydroxyl groups is 2. The number of carbonyl (C=O) groups excluding carboxylic acids is 2. The van der Waals surface area contributed by atoms with E-state index in [1.54, 1.807) is 13.0 Å². The molecule has 1 amide bonds. The zero-order valence-corrected chi connectivity index (χ0v) is 26.4. The fraction of sp³-hybridized carbons (Fsp3) is 0.829. The van der Waals surface area contributed by atoms with Gasteiger partial charge in [-0.3, -0.25) is 9.59 Å². The lowest BCUT2D eigenvalue weighted by molar-refractivity contribution is -0.202. The van der Waals surface area contributed by atoms with Gasteiger partial charge in [-0.1, -0.05) is 60.1 Å². The van der Waals surface area contributed by atoms with Gasteiger partial charge in [-0.25, -0.2) is 0 Å². The van der Waals surface area contributed by atoms with Gasteiger partial charge in [0.15, 0.2) is 5.78 Å². The number of aliphatic hydroxyl groups excluding tert-OH is 2. The van der Waals surface area contributed by atoms with E-state index in [9.17, 15) is 19.8 Å². The van der Waals surface area contributed by atoms with E-state index in [-0.39, 0.29) is 57.0 Å². The Morgan fingerprint density at radius 2 is 1.70 bits per heavy atom. The number of hydrogen-bond donors (Lipinski definition) is 3. The predicted molar refractivity (Wildman–Crippen MR) is 159 cm³/mol. The van der Waals surface area contributed by atoms with Crippen molar-refractivity contribution < 1.29 is 19.8 Å². The van der Waals surface area contributed by atoms with E-state index in [0.29, 0.717) is 17.6 Å². The van der Waals surface area contributed by atoms with E-state index in [1.807, 2.05) is 0 Å². The van der Waals surface area contributed by atoms with Crippen LogP contribution in [0.3, 0.4) is 0 Å². The average molecular weight is 554 g/mol. The van der Waals surface area contributed by atoms with Crippen LogP contribution in [-0.4, -0.2) is 40.7 Å². The summed E-state index contributed by atoms with van der Waals surface area (Å²) in [6.07, 6.45) is 14.2. The molecule has 224 valence electrons. The highest BCUT2D eigenvalue weighted by Crippen LogP contribution is 2.75. The van der Waals surface area contributed by atoms with Crippen molar-refractivity contribution >= 4 is 11.7 Å². The van der Waals surface area contributed by atoms with E-state index in [0.717, 1.165) is 51.4 Å². The molecular formula is C35H55NO4. The molecule has 1 unspecified atom stereocenters. The van der Waals surface area contributed by atoms with Crippen LogP contribution in [-0.2, 0) is 9.59 Å². The third-order valence-electron chi connectivity index (χ3n) is 13.8. The Morgan fingerprint density at radius 3 is 2.38 bits per heavy atom. The first-order valence-corrected chi connectivity index (χ1v) is 16.0. The quantitative estimate of drug-likeness (QED) is 0.353. The zero-order chi connectivity index (χ0) is 29.5. The number of carbonyl (C=O) groups is 2. The third-order valence-corrected chi connectivity index (χ3v) is 13.8. The molecule has 5 heteroatoms. The molecule has 0 aliphatic heterocycles. The van der Waals surface area contributed by atoms with Crippen molar-refractivity contribution in [2.75, 3.05) is 6.54 Å². The van der Waals surface area contributed by atoms with E-state index < -0.39 is 6.10 Å². The topological polar surface area (TPSA) is 86.6 Å². The molecule has 0 spiro atoms. The summed E-state index contributed by atoms with van der Waals surface area (Å²) >= 11 is 0. The Bertz CT molecular complexity index is 1120. The molecule has 0 radical (unpaired) electrons. The fourth-order valence-electron chi connectivity index (χ4n) is 10.9. The van der Waals surface area contributed by atoms with E-state index >= 15 is 0 Å². The molecule has 0 aromatic rings. The minimum absolute atomic E-state index is 0.00360. The predicted octanol–water partition coefficient (Wildman–Crippen LogP) is 6.38. The SMILES string of the molecule is CC(O)CNC(=O)/C=C/[C@@]1(C)CC[C@]2(C)CC[C@]3(C)C(=CC(=O)[C@@H]4[C@@]5(C)CC[C@H](O)C(C)(C)[C@@H]5CC[C@]43C)[C@@H]2C1. The summed E-state index contributed by atoms with van der Waals surface area (Å²) < 4.78 is 0. The highest BCUT2D eigenvalue weighted by Gasteiger charge is 2.70. The second kappa shape index (κ2) is 9.53. The average Bonchev–Trinajstić information content (AvgIpc) is 2.86. The van der Waals surface area contributed by atoms with Crippen molar-refractivity contribution in [3.63, 3.8) is 0 Å². The molecule has 5 aliphatic carbocycles. The molecule has 10 atom stereocenters. The van der Waals surface area contributed by atoms with Crippen LogP contribution in [0, 0.1) is 50.2 Å². The summed E-state index contributed by atoms with van der Waals surface area (Å²) in [5, 5.41) is 23.3. The van der Waals surface area contributed by atoms with Crippen LogP contribution >= 0.6 is 0 Å². The Labute approximate surface area is 242 Å². The standard InChI is InChI=1S/C35H55NO4/c1-22(37)21-36-28(40)11-12-31(4)15-16-32(5)17-18-34(7)23(24(32)20-31)19-25(38)29-33(6)13-10-27(39)30(2,3)26(33)9-14-35(29,34)8/h11-12,19,22,24,26-27,29,37,39H,9-10,13-18,20-21H2,1-8H3,(H,36,40)/b12-11+/t22?,24-,26-,27-,29+,31-,32+,33-,34+,35+/m0/s1. The molecule has 0 saturated heterocycles. The maximum Gasteiger partial charge on any atom is 0.243 e. The summed E-state index contributed by atoms with van der Waals surface area (Å²) in [4.78, 5) is 26.9. The number of allylic oxidation sites excluding steroid dienone is 3. The van der Waals surface area contributed by atoms with Crippen LogP contribution in [0.25, 0.3) is 0 Å². The van der Waals surface area contributed by atoms with E-state index in [1.165, 1.54) is 12.0 Å². The first-order chi connectivity index (χ1) is 18.4. The number of nitrogens with one attached hydrogen (secondary N) is 1. The molecule has 4 fully saturated rings. The number of rotatable bonds is 4. The number of hydrogen-bond acceptors (Lipinski definition) is 4. The van der Waals surface area contributed by atoms with Crippen LogP contribution < -0.4 is 5.32 Å². The van der Waals surface area contributed by atoms with Gasteiger partial charge in [-0.2, -0.15) is 0 Å². The lowest BCUT2D eigenvalue weighted by Gasteiger charge is -2.70. The monoisotopic (exact) mass is 553 g/mol. The highest BCUT2D eigenvalue weighted by atomic mass is 16.3. The van der Waals surface area contributed by atoms with E-state index in [4.69, 9.17) is 0 Å². The van der Waals surface area contributed by atoms with Gasteiger partial charge in [-0.15, -0.1) is 0 Å². The molecule has 5 aliphatic rings. The van der Waals surface area contributed by atoms with E-state index in [2.05, 4.69) is 65.9 Å². The van der Waals surface area contributed by atoms with Gasteiger partial charge in [0, 0.05) is 12.5 Å². The third kappa shape index (κ3) is 4.31. The van der Waals surface area contributed by atoms with Gasteiger partial charge in [-0.05, 0) is 121 Å². The number of ketones is 1. The molecule has 5 nitrogen and oxygen atoms in total. The van der Waals surface area contributed by atoms with Crippen molar-refractivity contribution in [1.29, 1.82) is 0 Å². The molecule has 40 heavy (non-hydrogen) atoms. The van der Waals surface area contributed by atoms with Crippen molar-refractivity contribution in [1.82, 2.24) is 5.32 Å². The number of amides is 1. The summed E-state index contributed by atoms with van der Waals surface area (Å²) in [6, 6.07) is 0. The van der Waals surface area contributed by atoms with Gasteiger partial charge < -0.3 is 15.5 Å².